The SMILES string of the molecule is CNCCC(NC(=O)c1ccc(CN(C2CC2)C2(Cc3ccccc3)CCC2)cc1-c1ccccc1C)C(=O)O. The van der Waals surface area contributed by atoms with Crippen LogP contribution in [0.3, 0.4) is 0 Å². The van der Waals surface area contributed by atoms with E-state index < -0.39 is 12.0 Å². The highest BCUT2D eigenvalue weighted by Gasteiger charge is 2.47. The summed E-state index contributed by atoms with van der Waals surface area (Å²) in [6, 6.07) is 24.7. The summed E-state index contributed by atoms with van der Waals surface area (Å²) in [7, 11) is 1.77. The maximum absolute atomic E-state index is 13.5. The summed E-state index contributed by atoms with van der Waals surface area (Å²) in [4.78, 5) is 28.1. The average molecular weight is 540 g/mol. The second-order valence-corrected chi connectivity index (χ2v) is 11.6. The maximum atomic E-state index is 13.5. The van der Waals surface area contributed by atoms with Crippen LogP contribution in [0.2, 0.25) is 0 Å². The van der Waals surface area contributed by atoms with Gasteiger partial charge in [-0.2, -0.15) is 0 Å². The molecule has 0 bridgehead atoms. The molecule has 40 heavy (non-hydrogen) atoms. The minimum absolute atomic E-state index is 0.184. The van der Waals surface area contributed by atoms with E-state index in [9.17, 15) is 14.7 Å². The van der Waals surface area contributed by atoms with E-state index in [-0.39, 0.29) is 11.4 Å². The van der Waals surface area contributed by atoms with Crippen LogP contribution >= 0.6 is 0 Å². The van der Waals surface area contributed by atoms with Crippen LogP contribution in [0.25, 0.3) is 11.1 Å². The van der Waals surface area contributed by atoms with Gasteiger partial charge in [0, 0.05) is 23.7 Å². The number of aliphatic carboxylic acids is 1. The highest BCUT2D eigenvalue weighted by molar-refractivity contribution is 6.02. The van der Waals surface area contributed by atoms with E-state index in [2.05, 4.69) is 71.0 Å². The zero-order chi connectivity index (χ0) is 28.1. The van der Waals surface area contributed by atoms with E-state index in [1.165, 1.54) is 43.2 Å². The van der Waals surface area contributed by atoms with Crippen molar-refractivity contribution in [2.75, 3.05) is 13.6 Å². The van der Waals surface area contributed by atoms with Crippen molar-refractivity contribution >= 4 is 11.9 Å². The Hall–Kier alpha value is -3.48. The molecule has 0 heterocycles. The fraction of sp³-hybridized carbons (Fsp3) is 0.412. The Balaban J connectivity index is 1.46. The minimum Gasteiger partial charge on any atom is -0.480 e. The lowest BCUT2D eigenvalue weighted by Gasteiger charge is -2.51. The molecule has 210 valence electrons. The normalized spacial score (nSPS) is 16.8. The highest BCUT2D eigenvalue weighted by atomic mass is 16.4. The molecule has 2 saturated carbocycles. The van der Waals surface area contributed by atoms with E-state index >= 15 is 0 Å². The van der Waals surface area contributed by atoms with Crippen LogP contribution in [-0.4, -0.2) is 53.1 Å². The molecule has 2 aliphatic carbocycles. The molecule has 3 aromatic rings. The Morgan fingerprint density at radius 1 is 0.975 bits per heavy atom. The molecule has 1 unspecified atom stereocenters. The summed E-state index contributed by atoms with van der Waals surface area (Å²) < 4.78 is 0. The second kappa shape index (κ2) is 12.4. The predicted molar refractivity (Wildman–Crippen MR) is 159 cm³/mol. The zero-order valence-corrected chi connectivity index (χ0v) is 23.7. The van der Waals surface area contributed by atoms with Gasteiger partial charge in [-0.3, -0.25) is 9.69 Å². The number of carbonyl (C=O) groups excluding carboxylic acids is 1. The molecular weight excluding hydrogens is 498 g/mol. The van der Waals surface area contributed by atoms with Crippen LogP contribution in [0.15, 0.2) is 72.8 Å². The Kier molecular flexibility index (Phi) is 8.67. The Bertz CT molecular complexity index is 1330. The van der Waals surface area contributed by atoms with Crippen LogP contribution in [0, 0.1) is 6.92 Å². The lowest BCUT2D eigenvalue weighted by atomic mass is 9.71. The molecule has 0 aliphatic heterocycles. The lowest BCUT2D eigenvalue weighted by molar-refractivity contribution is -0.139. The van der Waals surface area contributed by atoms with Crippen molar-refractivity contribution in [1.29, 1.82) is 0 Å². The molecule has 6 heteroatoms. The van der Waals surface area contributed by atoms with Crippen LogP contribution in [0.5, 0.6) is 0 Å². The summed E-state index contributed by atoms with van der Waals surface area (Å²) >= 11 is 0. The Morgan fingerprint density at radius 2 is 1.70 bits per heavy atom. The molecule has 3 N–H and O–H groups in total. The predicted octanol–water partition coefficient (Wildman–Crippen LogP) is 5.58. The van der Waals surface area contributed by atoms with Gasteiger partial charge < -0.3 is 15.7 Å². The van der Waals surface area contributed by atoms with Crippen molar-refractivity contribution in [2.24, 2.45) is 0 Å². The van der Waals surface area contributed by atoms with Crippen LogP contribution in [0.4, 0.5) is 0 Å². The van der Waals surface area contributed by atoms with Crippen LogP contribution in [0.1, 0.15) is 65.6 Å². The van der Waals surface area contributed by atoms with Crippen molar-refractivity contribution in [3.63, 3.8) is 0 Å². The molecule has 0 saturated heterocycles. The Morgan fingerprint density at radius 3 is 2.33 bits per heavy atom. The van der Waals surface area contributed by atoms with E-state index in [0.717, 1.165) is 29.7 Å². The second-order valence-electron chi connectivity index (χ2n) is 11.6. The molecule has 0 spiro atoms. The molecule has 2 aliphatic rings. The van der Waals surface area contributed by atoms with Gasteiger partial charge in [0.1, 0.15) is 6.04 Å². The van der Waals surface area contributed by atoms with Crippen molar-refractivity contribution in [3.8, 4) is 11.1 Å². The number of carboxylic acid groups (broad SMARTS) is 1. The molecule has 6 nitrogen and oxygen atoms in total. The van der Waals surface area contributed by atoms with Gasteiger partial charge in [0.25, 0.3) is 5.91 Å². The Labute approximate surface area is 237 Å². The number of hydrogen-bond donors (Lipinski definition) is 3. The number of nitrogens with zero attached hydrogens (tertiary/aromatic N) is 1. The number of aryl methyl sites for hydroxylation is 1. The number of carbonyl (C=O) groups is 2. The number of hydrogen-bond acceptors (Lipinski definition) is 4. The van der Waals surface area contributed by atoms with Gasteiger partial charge in [0.05, 0.1) is 0 Å². The van der Waals surface area contributed by atoms with Crippen LogP contribution < -0.4 is 10.6 Å². The monoisotopic (exact) mass is 539 g/mol. The fourth-order valence-electron chi connectivity index (χ4n) is 6.16. The number of benzene rings is 3. The van der Waals surface area contributed by atoms with E-state index in [0.29, 0.717) is 24.6 Å². The van der Waals surface area contributed by atoms with Gasteiger partial charge in [0.2, 0.25) is 0 Å². The van der Waals surface area contributed by atoms with Crippen molar-refractivity contribution in [1.82, 2.24) is 15.5 Å². The molecule has 1 amide bonds. The number of nitrogens with one attached hydrogen (secondary N) is 2. The van der Waals surface area contributed by atoms with Crippen molar-refractivity contribution < 1.29 is 14.7 Å². The molecule has 3 aromatic carbocycles. The molecule has 2 fully saturated rings. The van der Waals surface area contributed by atoms with Gasteiger partial charge in [-0.05, 0) is 105 Å². The minimum atomic E-state index is -1.03. The summed E-state index contributed by atoms with van der Waals surface area (Å²) in [6.45, 7) is 3.40. The third-order valence-corrected chi connectivity index (χ3v) is 8.66. The van der Waals surface area contributed by atoms with Crippen molar-refractivity contribution in [3.05, 3.63) is 95.1 Å². The first-order valence-corrected chi connectivity index (χ1v) is 14.6. The molecule has 5 rings (SSSR count). The van der Waals surface area contributed by atoms with E-state index in [4.69, 9.17) is 0 Å². The quantitative estimate of drug-likeness (QED) is 0.264. The average Bonchev–Trinajstić information content (AvgIpc) is 3.78. The first-order chi connectivity index (χ1) is 19.4. The molecule has 0 aromatic heterocycles. The van der Waals surface area contributed by atoms with Crippen LogP contribution in [-0.2, 0) is 17.8 Å². The van der Waals surface area contributed by atoms with Gasteiger partial charge >= 0.3 is 5.97 Å². The third kappa shape index (κ3) is 6.29. The molecule has 0 radical (unpaired) electrons. The fourth-order valence-corrected chi connectivity index (χ4v) is 6.16. The zero-order valence-electron chi connectivity index (χ0n) is 23.7. The molecular formula is C34H41N3O3. The van der Waals surface area contributed by atoms with Gasteiger partial charge in [-0.25, -0.2) is 4.79 Å². The number of carboxylic acids is 1. The topological polar surface area (TPSA) is 81.7 Å². The standard InChI is InChI=1S/C34H41N3O3/c1-24-9-6-7-12-28(24)30-21-26(13-16-29(30)32(38)36-31(33(39)40)17-20-35-2)23-37(27-14-15-27)34(18-8-19-34)22-25-10-4-3-5-11-25/h3-7,9-13,16,21,27,31,35H,8,14-15,17-20,22-23H2,1-2H3,(H,36,38)(H,39,40). The summed E-state index contributed by atoms with van der Waals surface area (Å²) in [5.41, 5.74) is 6.21. The van der Waals surface area contributed by atoms with Crippen molar-refractivity contribution in [2.45, 2.75) is 76.0 Å². The summed E-state index contributed by atoms with van der Waals surface area (Å²) in [5.74, 6) is -1.38. The summed E-state index contributed by atoms with van der Waals surface area (Å²) in [5, 5.41) is 15.4. The maximum Gasteiger partial charge on any atom is 0.326 e. The highest BCUT2D eigenvalue weighted by Crippen LogP contribution is 2.47. The number of rotatable bonds is 13. The summed E-state index contributed by atoms with van der Waals surface area (Å²) in [6.07, 6.45) is 7.56. The smallest absolute Gasteiger partial charge is 0.326 e. The van der Waals surface area contributed by atoms with Gasteiger partial charge in [-0.1, -0.05) is 60.7 Å². The van der Waals surface area contributed by atoms with Gasteiger partial charge in [-0.15, -0.1) is 0 Å². The van der Waals surface area contributed by atoms with E-state index in [1.807, 2.05) is 24.3 Å². The molecule has 1 atom stereocenters. The van der Waals surface area contributed by atoms with Gasteiger partial charge in [0.15, 0.2) is 0 Å². The first kappa shape index (κ1) is 28.1. The third-order valence-electron chi connectivity index (χ3n) is 8.66. The number of amides is 1. The lowest BCUT2D eigenvalue weighted by Crippen LogP contribution is -2.55. The first-order valence-electron chi connectivity index (χ1n) is 14.6. The largest absolute Gasteiger partial charge is 0.480 e. The van der Waals surface area contributed by atoms with E-state index in [1.54, 1.807) is 7.05 Å².